The van der Waals surface area contributed by atoms with E-state index in [0.717, 1.165) is 0 Å². The largest absolute Gasteiger partial charge is 0.380 e. The van der Waals surface area contributed by atoms with E-state index in [-0.39, 0.29) is 18.1 Å². The number of amides is 1. The van der Waals surface area contributed by atoms with E-state index in [1.807, 2.05) is 13.8 Å². The summed E-state index contributed by atoms with van der Waals surface area (Å²) in [7, 11) is 1.65. The van der Waals surface area contributed by atoms with Crippen molar-refractivity contribution >= 4 is 5.91 Å². The number of ether oxygens (including phenoxy) is 1. The van der Waals surface area contributed by atoms with Crippen LogP contribution >= 0.6 is 0 Å². The number of hydrogen-bond donors (Lipinski definition) is 2. The molecule has 2 unspecified atom stereocenters. The lowest BCUT2D eigenvalue weighted by molar-refractivity contribution is -0.122. The lowest BCUT2D eigenvalue weighted by atomic mass is 10.3. The summed E-state index contributed by atoms with van der Waals surface area (Å²) in [5.74, 6) is -0.0202. The van der Waals surface area contributed by atoms with Crippen LogP contribution in [0.5, 0.6) is 0 Å². The number of nitrogens with one attached hydrogen (secondary N) is 2. The number of hydrogen-bond acceptors (Lipinski definition) is 3. The Bertz CT molecular complexity index is 183. The predicted molar refractivity (Wildman–Crippen MR) is 57.1 cm³/mol. The zero-order valence-electron chi connectivity index (χ0n) is 9.17. The Morgan fingerprint density at radius 3 is 2.71 bits per heavy atom. The highest BCUT2D eigenvalue weighted by Crippen LogP contribution is 1.87. The van der Waals surface area contributed by atoms with Gasteiger partial charge in [0, 0.05) is 20.2 Å². The second-order valence-corrected chi connectivity index (χ2v) is 3.21. The summed E-state index contributed by atoms with van der Waals surface area (Å²) in [6.45, 7) is 8.46. The maximum atomic E-state index is 11.3. The average Bonchev–Trinajstić information content (AvgIpc) is 2.21. The summed E-state index contributed by atoms with van der Waals surface area (Å²) in [4.78, 5) is 11.3. The fraction of sp³-hybridized carbons (Fsp3) is 0.700. The fourth-order valence-corrected chi connectivity index (χ4v) is 0.845. The molecule has 0 aliphatic heterocycles. The van der Waals surface area contributed by atoms with E-state index < -0.39 is 0 Å². The Kier molecular flexibility index (Phi) is 7.06. The van der Waals surface area contributed by atoms with Gasteiger partial charge in [-0.15, -0.1) is 6.58 Å². The number of rotatable bonds is 7. The molecule has 4 nitrogen and oxygen atoms in total. The van der Waals surface area contributed by atoms with Gasteiger partial charge in [0.15, 0.2) is 0 Å². The van der Waals surface area contributed by atoms with Gasteiger partial charge in [-0.1, -0.05) is 6.08 Å². The SMILES string of the molecule is C=CCNC(=O)C(C)NCC(C)OC. The molecule has 0 saturated heterocycles. The summed E-state index contributed by atoms with van der Waals surface area (Å²) in [6, 6.07) is -0.201. The first-order valence-corrected chi connectivity index (χ1v) is 4.76. The van der Waals surface area contributed by atoms with E-state index in [0.29, 0.717) is 13.1 Å². The fourth-order valence-electron chi connectivity index (χ4n) is 0.845. The molecule has 0 saturated carbocycles. The van der Waals surface area contributed by atoms with Gasteiger partial charge in [-0.25, -0.2) is 0 Å². The van der Waals surface area contributed by atoms with Crippen molar-refractivity contribution in [1.29, 1.82) is 0 Å². The average molecular weight is 200 g/mol. The normalized spacial score (nSPS) is 14.5. The highest BCUT2D eigenvalue weighted by molar-refractivity contribution is 5.81. The second-order valence-electron chi connectivity index (χ2n) is 3.21. The van der Waals surface area contributed by atoms with Crippen LogP contribution in [-0.2, 0) is 9.53 Å². The number of carbonyl (C=O) groups is 1. The lowest BCUT2D eigenvalue weighted by Crippen LogP contribution is -2.44. The second kappa shape index (κ2) is 7.53. The first-order valence-electron chi connectivity index (χ1n) is 4.76. The Hall–Kier alpha value is -0.870. The van der Waals surface area contributed by atoms with Crippen molar-refractivity contribution < 1.29 is 9.53 Å². The van der Waals surface area contributed by atoms with Crippen LogP contribution < -0.4 is 10.6 Å². The van der Waals surface area contributed by atoms with Crippen molar-refractivity contribution in [1.82, 2.24) is 10.6 Å². The molecule has 0 radical (unpaired) electrons. The molecule has 0 aromatic rings. The van der Waals surface area contributed by atoms with Crippen molar-refractivity contribution in [2.75, 3.05) is 20.2 Å². The molecule has 0 aliphatic carbocycles. The van der Waals surface area contributed by atoms with Gasteiger partial charge in [-0.2, -0.15) is 0 Å². The third-order valence-corrected chi connectivity index (χ3v) is 1.93. The minimum atomic E-state index is -0.201. The van der Waals surface area contributed by atoms with Crippen molar-refractivity contribution in [2.24, 2.45) is 0 Å². The van der Waals surface area contributed by atoms with Gasteiger partial charge in [0.25, 0.3) is 0 Å². The molecule has 0 heterocycles. The van der Waals surface area contributed by atoms with Gasteiger partial charge >= 0.3 is 0 Å². The summed E-state index contributed by atoms with van der Waals surface area (Å²) in [5, 5.41) is 5.78. The smallest absolute Gasteiger partial charge is 0.237 e. The summed E-state index contributed by atoms with van der Waals surface area (Å²) in [6.07, 6.45) is 1.77. The predicted octanol–water partition coefficient (Wildman–Crippen LogP) is 0.302. The highest BCUT2D eigenvalue weighted by atomic mass is 16.5. The van der Waals surface area contributed by atoms with Gasteiger partial charge in [0.1, 0.15) is 0 Å². The third-order valence-electron chi connectivity index (χ3n) is 1.93. The molecule has 2 N–H and O–H groups in total. The first-order chi connectivity index (χ1) is 6.61. The first kappa shape index (κ1) is 13.1. The third kappa shape index (κ3) is 5.72. The molecule has 0 rings (SSSR count). The van der Waals surface area contributed by atoms with Gasteiger partial charge in [0.2, 0.25) is 5.91 Å². The Morgan fingerprint density at radius 1 is 1.57 bits per heavy atom. The zero-order chi connectivity index (χ0) is 11.0. The summed E-state index contributed by atoms with van der Waals surface area (Å²) < 4.78 is 5.05. The molecule has 0 aromatic carbocycles. The van der Waals surface area contributed by atoms with E-state index in [4.69, 9.17) is 4.74 Å². The van der Waals surface area contributed by atoms with E-state index in [9.17, 15) is 4.79 Å². The van der Waals surface area contributed by atoms with Crippen molar-refractivity contribution in [3.63, 3.8) is 0 Å². The monoisotopic (exact) mass is 200 g/mol. The van der Waals surface area contributed by atoms with E-state index >= 15 is 0 Å². The van der Waals surface area contributed by atoms with Gasteiger partial charge in [-0.05, 0) is 13.8 Å². The van der Waals surface area contributed by atoms with Crippen LogP contribution in [0.1, 0.15) is 13.8 Å². The molecule has 2 atom stereocenters. The van der Waals surface area contributed by atoms with Crippen molar-refractivity contribution in [2.45, 2.75) is 26.0 Å². The summed E-state index contributed by atoms with van der Waals surface area (Å²) >= 11 is 0. The standard InChI is InChI=1S/C10H20N2O2/c1-5-6-11-10(13)9(3)12-7-8(2)14-4/h5,8-9,12H,1,6-7H2,2-4H3,(H,11,13). The zero-order valence-corrected chi connectivity index (χ0v) is 9.17. The van der Waals surface area contributed by atoms with Crippen LogP contribution in [0.4, 0.5) is 0 Å². The van der Waals surface area contributed by atoms with Crippen LogP contribution in [0.3, 0.4) is 0 Å². The Morgan fingerprint density at radius 2 is 2.21 bits per heavy atom. The van der Waals surface area contributed by atoms with Crippen LogP contribution in [0.25, 0.3) is 0 Å². The molecule has 4 heteroatoms. The van der Waals surface area contributed by atoms with Crippen LogP contribution in [0.15, 0.2) is 12.7 Å². The minimum absolute atomic E-state index is 0.0202. The molecule has 0 aliphatic rings. The van der Waals surface area contributed by atoms with Gasteiger partial charge in [0.05, 0.1) is 12.1 Å². The maximum absolute atomic E-state index is 11.3. The van der Waals surface area contributed by atoms with E-state index in [1.165, 1.54) is 0 Å². The maximum Gasteiger partial charge on any atom is 0.237 e. The van der Waals surface area contributed by atoms with Crippen LogP contribution in [-0.4, -0.2) is 38.3 Å². The van der Waals surface area contributed by atoms with Crippen molar-refractivity contribution in [3.8, 4) is 0 Å². The van der Waals surface area contributed by atoms with Gasteiger partial charge in [-0.3, -0.25) is 4.79 Å². The number of methoxy groups -OCH3 is 1. The molecule has 0 fully saturated rings. The highest BCUT2D eigenvalue weighted by Gasteiger charge is 2.11. The number of carbonyl (C=O) groups excluding carboxylic acids is 1. The Balaban J connectivity index is 3.66. The Labute approximate surface area is 85.7 Å². The molecule has 82 valence electrons. The van der Waals surface area contributed by atoms with Crippen molar-refractivity contribution in [3.05, 3.63) is 12.7 Å². The van der Waals surface area contributed by atoms with Gasteiger partial charge < -0.3 is 15.4 Å². The topological polar surface area (TPSA) is 50.4 Å². The molecular formula is C10H20N2O2. The lowest BCUT2D eigenvalue weighted by Gasteiger charge is -2.16. The van der Waals surface area contributed by atoms with E-state index in [1.54, 1.807) is 13.2 Å². The van der Waals surface area contributed by atoms with Crippen LogP contribution in [0.2, 0.25) is 0 Å². The van der Waals surface area contributed by atoms with E-state index in [2.05, 4.69) is 17.2 Å². The molecule has 0 bridgehead atoms. The quantitative estimate of drug-likeness (QED) is 0.581. The molecule has 1 amide bonds. The minimum Gasteiger partial charge on any atom is -0.380 e. The molecule has 0 aromatic heterocycles. The summed E-state index contributed by atoms with van der Waals surface area (Å²) in [5.41, 5.74) is 0. The molecule has 0 spiro atoms. The molecule has 14 heavy (non-hydrogen) atoms. The van der Waals surface area contributed by atoms with Crippen LogP contribution in [0, 0.1) is 0 Å². The molecular weight excluding hydrogens is 180 g/mol.